The van der Waals surface area contributed by atoms with Crippen LogP contribution in [0.1, 0.15) is 26.2 Å². The van der Waals surface area contributed by atoms with Gasteiger partial charge in [-0.15, -0.1) is 6.58 Å². The van der Waals surface area contributed by atoms with Crippen LogP contribution < -0.4 is 10.9 Å². The summed E-state index contributed by atoms with van der Waals surface area (Å²) in [5.41, 5.74) is 1.09. The highest BCUT2D eigenvalue weighted by Crippen LogP contribution is 2.48. The Bertz CT molecular complexity index is 505. The first-order valence-corrected chi connectivity index (χ1v) is 7.01. The van der Waals surface area contributed by atoms with Crippen molar-refractivity contribution in [3.05, 3.63) is 33.7 Å². The minimum atomic E-state index is -0.124. The fourth-order valence-corrected chi connectivity index (χ4v) is 2.40. The van der Waals surface area contributed by atoms with E-state index in [2.05, 4.69) is 39.8 Å². The lowest BCUT2D eigenvalue weighted by molar-refractivity contribution is 0.520. The molecule has 4 nitrogen and oxygen atoms in total. The first kappa shape index (κ1) is 13.3. The zero-order valence-electron chi connectivity index (χ0n) is 10.6. The average molecular weight is 312 g/mol. The molecule has 0 aliphatic heterocycles. The van der Waals surface area contributed by atoms with Crippen molar-refractivity contribution in [2.24, 2.45) is 5.41 Å². The molecule has 1 aliphatic rings. The molecule has 98 valence electrons. The summed E-state index contributed by atoms with van der Waals surface area (Å²) in [5, 5.41) is 7.44. The van der Waals surface area contributed by atoms with Crippen LogP contribution in [0.25, 0.3) is 0 Å². The van der Waals surface area contributed by atoms with Gasteiger partial charge >= 0.3 is 0 Å². The van der Waals surface area contributed by atoms with E-state index in [1.54, 1.807) is 12.3 Å². The van der Waals surface area contributed by atoms with Crippen molar-refractivity contribution in [3.63, 3.8) is 0 Å². The second-order valence-corrected chi connectivity index (χ2v) is 5.65. The van der Waals surface area contributed by atoms with Crippen LogP contribution in [0.15, 0.2) is 28.1 Å². The topological polar surface area (TPSA) is 46.9 Å². The molecule has 18 heavy (non-hydrogen) atoms. The summed E-state index contributed by atoms with van der Waals surface area (Å²) in [4.78, 5) is 12.0. The fourth-order valence-electron chi connectivity index (χ4n) is 1.96. The van der Waals surface area contributed by atoms with Crippen LogP contribution in [-0.4, -0.2) is 16.3 Å². The van der Waals surface area contributed by atoms with Crippen LogP contribution in [0.2, 0.25) is 0 Å². The fraction of sp³-hybridized carbons (Fsp3) is 0.538. The van der Waals surface area contributed by atoms with E-state index in [4.69, 9.17) is 0 Å². The highest BCUT2D eigenvalue weighted by atomic mass is 79.9. The molecule has 0 radical (unpaired) electrons. The number of nitrogens with zero attached hydrogens (tertiary/aromatic N) is 2. The monoisotopic (exact) mass is 311 g/mol. The number of anilines is 1. The molecule has 0 unspecified atom stereocenters. The lowest BCUT2D eigenvalue weighted by Crippen LogP contribution is -2.25. The van der Waals surface area contributed by atoms with E-state index in [1.165, 1.54) is 23.9 Å². The van der Waals surface area contributed by atoms with Gasteiger partial charge in [-0.1, -0.05) is 13.0 Å². The molecule has 0 atom stereocenters. The summed E-state index contributed by atoms with van der Waals surface area (Å²) in [5.74, 6) is 0. The van der Waals surface area contributed by atoms with Gasteiger partial charge in [-0.3, -0.25) is 4.79 Å². The Kier molecular flexibility index (Phi) is 3.90. The number of rotatable bonds is 6. The van der Waals surface area contributed by atoms with Gasteiger partial charge < -0.3 is 5.32 Å². The maximum atomic E-state index is 12.0. The van der Waals surface area contributed by atoms with E-state index in [0.717, 1.165) is 12.2 Å². The molecule has 2 rings (SSSR count). The average Bonchev–Trinajstić information content (AvgIpc) is 3.15. The smallest absolute Gasteiger partial charge is 0.283 e. The molecule has 1 aromatic heterocycles. The van der Waals surface area contributed by atoms with E-state index >= 15 is 0 Å². The first-order chi connectivity index (χ1) is 8.62. The summed E-state index contributed by atoms with van der Waals surface area (Å²) in [6.45, 7) is 7.16. The van der Waals surface area contributed by atoms with Crippen molar-refractivity contribution in [1.82, 2.24) is 9.78 Å². The molecular weight excluding hydrogens is 294 g/mol. The van der Waals surface area contributed by atoms with Gasteiger partial charge in [-0.25, -0.2) is 4.68 Å². The zero-order valence-corrected chi connectivity index (χ0v) is 12.2. The second kappa shape index (κ2) is 5.26. The number of hydrogen-bond acceptors (Lipinski definition) is 3. The number of aromatic nitrogens is 2. The minimum Gasteiger partial charge on any atom is -0.382 e. The molecule has 5 heteroatoms. The molecule has 1 heterocycles. The van der Waals surface area contributed by atoms with Gasteiger partial charge in [-0.2, -0.15) is 5.10 Å². The molecular formula is C13H18BrN3O. The maximum absolute atomic E-state index is 12.0. The van der Waals surface area contributed by atoms with Crippen molar-refractivity contribution in [3.8, 4) is 0 Å². The van der Waals surface area contributed by atoms with Crippen LogP contribution in [0.4, 0.5) is 5.69 Å². The highest BCUT2D eigenvalue weighted by molar-refractivity contribution is 9.10. The number of hydrogen-bond donors (Lipinski definition) is 1. The Morgan fingerprint density at radius 1 is 1.67 bits per heavy atom. The summed E-state index contributed by atoms with van der Waals surface area (Å²) in [6, 6.07) is 0. The second-order valence-electron chi connectivity index (χ2n) is 4.86. The lowest BCUT2D eigenvalue weighted by Gasteiger charge is -2.15. The van der Waals surface area contributed by atoms with Gasteiger partial charge in [0.1, 0.15) is 4.47 Å². The summed E-state index contributed by atoms with van der Waals surface area (Å²) in [6.07, 6.45) is 7.08. The molecule has 1 aliphatic carbocycles. The molecule has 1 fully saturated rings. The van der Waals surface area contributed by atoms with Crippen molar-refractivity contribution in [1.29, 1.82) is 0 Å². The third-order valence-corrected chi connectivity index (χ3v) is 4.41. The van der Waals surface area contributed by atoms with Gasteiger partial charge in [0.2, 0.25) is 0 Å². The summed E-state index contributed by atoms with van der Waals surface area (Å²) in [7, 11) is 0. The van der Waals surface area contributed by atoms with Crippen molar-refractivity contribution in [2.75, 3.05) is 11.9 Å². The maximum Gasteiger partial charge on any atom is 0.283 e. The molecule has 0 saturated heterocycles. The van der Waals surface area contributed by atoms with Gasteiger partial charge in [0, 0.05) is 6.54 Å². The molecule has 1 aromatic rings. The highest BCUT2D eigenvalue weighted by Gasteiger charge is 2.40. The predicted octanol–water partition coefficient (Wildman–Crippen LogP) is 2.79. The van der Waals surface area contributed by atoms with E-state index in [0.29, 0.717) is 16.4 Å². The minimum absolute atomic E-state index is 0.124. The van der Waals surface area contributed by atoms with Crippen LogP contribution in [-0.2, 0) is 6.54 Å². The van der Waals surface area contributed by atoms with Gasteiger partial charge in [0.05, 0.1) is 18.4 Å². The van der Waals surface area contributed by atoms with Crippen molar-refractivity contribution < 1.29 is 0 Å². The normalized spacial score (nSPS) is 16.3. The largest absolute Gasteiger partial charge is 0.382 e. The standard InChI is InChI=1S/C13H18BrN3O/c1-3-7-17-12(18)11(14)10(8-16-17)15-9-13(4-2)5-6-13/h3,8,15H,1,4-7,9H2,2H3. The van der Waals surface area contributed by atoms with Crippen molar-refractivity contribution >= 4 is 21.6 Å². The third-order valence-electron chi connectivity index (χ3n) is 3.65. The number of allylic oxidation sites excluding steroid dienone is 1. The Morgan fingerprint density at radius 2 is 2.39 bits per heavy atom. The van der Waals surface area contributed by atoms with E-state index in [-0.39, 0.29) is 5.56 Å². The Hall–Kier alpha value is -1.10. The zero-order chi connectivity index (χ0) is 13.2. The van der Waals surface area contributed by atoms with Gasteiger partial charge in [0.15, 0.2) is 0 Å². The molecule has 0 amide bonds. The van der Waals surface area contributed by atoms with Gasteiger partial charge in [-0.05, 0) is 40.6 Å². The SMILES string of the molecule is C=CCn1ncc(NCC2(CC)CC2)c(Br)c1=O. The van der Waals surface area contributed by atoms with Gasteiger partial charge in [0.25, 0.3) is 5.56 Å². The number of nitrogens with one attached hydrogen (secondary N) is 1. The van der Waals surface area contributed by atoms with E-state index < -0.39 is 0 Å². The van der Waals surface area contributed by atoms with Crippen LogP contribution in [0.3, 0.4) is 0 Å². The Labute approximate surface area is 115 Å². The first-order valence-electron chi connectivity index (χ1n) is 6.22. The predicted molar refractivity (Wildman–Crippen MR) is 76.8 cm³/mol. The van der Waals surface area contributed by atoms with Crippen LogP contribution >= 0.6 is 15.9 Å². The summed E-state index contributed by atoms with van der Waals surface area (Å²) >= 11 is 3.34. The van der Waals surface area contributed by atoms with E-state index in [1.807, 2.05) is 0 Å². The van der Waals surface area contributed by atoms with Crippen LogP contribution in [0, 0.1) is 5.41 Å². The Morgan fingerprint density at radius 3 is 2.94 bits per heavy atom. The molecule has 0 aromatic carbocycles. The molecule has 0 spiro atoms. The molecule has 1 saturated carbocycles. The van der Waals surface area contributed by atoms with Crippen LogP contribution in [0.5, 0.6) is 0 Å². The lowest BCUT2D eigenvalue weighted by atomic mass is 10.0. The van der Waals surface area contributed by atoms with Crippen molar-refractivity contribution in [2.45, 2.75) is 32.7 Å². The quantitative estimate of drug-likeness (QED) is 0.822. The summed E-state index contributed by atoms with van der Waals surface area (Å²) < 4.78 is 1.93. The Balaban J connectivity index is 2.12. The molecule has 1 N–H and O–H groups in total. The molecule has 0 bridgehead atoms. The number of halogens is 1. The van der Waals surface area contributed by atoms with E-state index in [9.17, 15) is 4.79 Å². The third kappa shape index (κ3) is 2.66.